The number of aryl methyl sites for hydroxylation is 1. The van der Waals surface area contributed by atoms with Crippen molar-refractivity contribution in [3.63, 3.8) is 0 Å². The summed E-state index contributed by atoms with van der Waals surface area (Å²) in [5.74, 6) is 0.898. The van der Waals surface area contributed by atoms with Gasteiger partial charge in [0.05, 0.1) is 12.8 Å². The Morgan fingerprint density at radius 2 is 2.16 bits per heavy atom. The first-order chi connectivity index (χ1) is 8.85. The number of halogens is 1. The first-order valence-corrected chi connectivity index (χ1v) is 7.86. The third kappa shape index (κ3) is 3.71. The molecule has 0 saturated heterocycles. The summed E-state index contributed by atoms with van der Waals surface area (Å²) in [6.45, 7) is 2.51. The van der Waals surface area contributed by atoms with Gasteiger partial charge >= 0.3 is 0 Å². The molecule has 19 heavy (non-hydrogen) atoms. The van der Waals surface area contributed by atoms with Crippen molar-refractivity contribution in [1.82, 2.24) is 9.55 Å². The first-order valence-electron chi connectivity index (χ1n) is 5.59. The number of aromatic nitrogens is 2. The summed E-state index contributed by atoms with van der Waals surface area (Å²) >= 11 is 6.16. The molecule has 0 spiro atoms. The molecule has 2 aromatic rings. The number of nitrogens with one attached hydrogen (secondary N) is 1. The predicted octanol–water partition coefficient (Wildman–Crippen LogP) is 2.26. The minimum Gasteiger partial charge on any atom is -0.331 e. The van der Waals surface area contributed by atoms with Crippen molar-refractivity contribution in [3.05, 3.63) is 47.0 Å². The fourth-order valence-corrected chi connectivity index (χ4v) is 2.50. The van der Waals surface area contributed by atoms with Crippen LogP contribution in [0.2, 0.25) is 5.02 Å². The van der Waals surface area contributed by atoms with Crippen LogP contribution in [-0.4, -0.2) is 24.2 Å². The number of sulfonamides is 1. The molecule has 1 heterocycles. The number of anilines is 1. The Kier molecular flexibility index (Phi) is 3.82. The first kappa shape index (κ1) is 13.9. The van der Waals surface area contributed by atoms with E-state index < -0.39 is 10.0 Å². The van der Waals surface area contributed by atoms with Crippen molar-refractivity contribution in [1.29, 1.82) is 0 Å². The predicted molar refractivity (Wildman–Crippen MR) is 76.0 cm³/mol. The second-order valence-electron chi connectivity index (χ2n) is 4.28. The highest BCUT2D eigenvalue weighted by atomic mass is 35.5. The highest BCUT2D eigenvalue weighted by Gasteiger charge is 2.07. The van der Waals surface area contributed by atoms with Gasteiger partial charge in [0.25, 0.3) is 0 Å². The van der Waals surface area contributed by atoms with Gasteiger partial charge in [-0.05, 0) is 24.6 Å². The molecule has 102 valence electrons. The quantitative estimate of drug-likeness (QED) is 0.942. The van der Waals surface area contributed by atoms with Gasteiger partial charge in [-0.2, -0.15) is 0 Å². The maximum Gasteiger partial charge on any atom is 0.229 e. The van der Waals surface area contributed by atoms with Gasteiger partial charge < -0.3 is 4.57 Å². The van der Waals surface area contributed by atoms with Crippen LogP contribution >= 0.6 is 11.6 Å². The third-order valence-corrected chi connectivity index (χ3v) is 3.58. The van der Waals surface area contributed by atoms with Gasteiger partial charge in [-0.3, -0.25) is 4.72 Å². The van der Waals surface area contributed by atoms with Gasteiger partial charge in [-0.25, -0.2) is 13.4 Å². The van der Waals surface area contributed by atoms with E-state index >= 15 is 0 Å². The van der Waals surface area contributed by atoms with Gasteiger partial charge in [-0.15, -0.1) is 0 Å². The molecule has 1 aromatic heterocycles. The Labute approximate surface area is 117 Å². The van der Waals surface area contributed by atoms with Crippen molar-refractivity contribution >= 4 is 27.3 Å². The lowest BCUT2D eigenvalue weighted by Gasteiger charge is -2.10. The molecule has 1 aromatic carbocycles. The maximum absolute atomic E-state index is 11.1. The normalized spacial score (nSPS) is 11.5. The molecule has 7 heteroatoms. The average Bonchev–Trinajstić information content (AvgIpc) is 2.66. The van der Waals surface area contributed by atoms with Crippen LogP contribution in [0.15, 0.2) is 30.6 Å². The zero-order chi connectivity index (χ0) is 14.0. The van der Waals surface area contributed by atoms with Gasteiger partial charge in [0.1, 0.15) is 5.82 Å². The van der Waals surface area contributed by atoms with Gasteiger partial charge in [0.15, 0.2) is 0 Å². The van der Waals surface area contributed by atoms with Crippen molar-refractivity contribution in [3.8, 4) is 0 Å². The number of benzene rings is 1. The second-order valence-corrected chi connectivity index (χ2v) is 6.44. The molecule has 0 aliphatic carbocycles. The fraction of sp³-hybridized carbons (Fsp3) is 0.250. The Morgan fingerprint density at radius 3 is 2.68 bits per heavy atom. The molecule has 0 bridgehead atoms. The minimum absolute atomic E-state index is 0.457. The summed E-state index contributed by atoms with van der Waals surface area (Å²) in [5, 5.41) is 0.516. The van der Waals surface area contributed by atoms with Crippen molar-refractivity contribution in [2.45, 2.75) is 13.5 Å². The van der Waals surface area contributed by atoms with Crippen molar-refractivity contribution in [2.24, 2.45) is 0 Å². The van der Waals surface area contributed by atoms with E-state index in [1.807, 2.05) is 17.7 Å². The molecule has 0 aliphatic heterocycles. The summed E-state index contributed by atoms with van der Waals surface area (Å²) in [7, 11) is -3.29. The standard InChI is InChI=1S/C12H14ClN3O2S/c1-9-14-5-6-16(9)8-10-3-4-11(7-12(10)13)15-19(2,17)18/h3-7,15H,8H2,1-2H3. The van der Waals surface area contributed by atoms with E-state index in [0.717, 1.165) is 17.6 Å². The number of nitrogens with zero attached hydrogens (tertiary/aromatic N) is 2. The molecule has 0 amide bonds. The molecule has 0 unspecified atom stereocenters. The minimum atomic E-state index is -3.29. The van der Waals surface area contributed by atoms with E-state index in [1.165, 1.54) is 0 Å². The summed E-state index contributed by atoms with van der Waals surface area (Å²) in [5.41, 5.74) is 1.36. The highest BCUT2D eigenvalue weighted by molar-refractivity contribution is 7.92. The summed E-state index contributed by atoms with van der Waals surface area (Å²) < 4.78 is 26.6. The lowest BCUT2D eigenvalue weighted by molar-refractivity contribution is 0.607. The monoisotopic (exact) mass is 299 g/mol. The van der Waals surface area contributed by atoms with E-state index in [2.05, 4.69) is 9.71 Å². The number of hydrogen-bond donors (Lipinski definition) is 1. The largest absolute Gasteiger partial charge is 0.331 e. The molecule has 5 nitrogen and oxygen atoms in total. The van der Waals surface area contributed by atoms with Crippen molar-refractivity contribution < 1.29 is 8.42 Å². The van der Waals surface area contributed by atoms with Crippen LogP contribution in [0.25, 0.3) is 0 Å². The number of hydrogen-bond acceptors (Lipinski definition) is 3. The van der Waals surface area contributed by atoms with E-state index in [0.29, 0.717) is 17.3 Å². The Morgan fingerprint density at radius 1 is 1.42 bits per heavy atom. The van der Waals surface area contributed by atoms with Gasteiger partial charge in [-0.1, -0.05) is 17.7 Å². The lowest BCUT2D eigenvalue weighted by atomic mass is 10.2. The van der Waals surface area contributed by atoms with E-state index in [-0.39, 0.29) is 0 Å². The van der Waals surface area contributed by atoms with Crippen molar-refractivity contribution in [2.75, 3.05) is 11.0 Å². The summed E-state index contributed by atoms with van der Waals surface area (Å²) in [4.78, 5) is 4.14. The average molecular weight is 300 g/mol. The molecular weight excluding hydrogens is 286 g/mol. The Bertz CT molecular complexity index is 695. The van der Waals surface area contributed by atoms with Gasteiger partial charge in [0, 0.05) is 23.1 Å². The maximum atomic E-state index is 11.1. The molecular formula is C12H14ClN3O2S. The zero-order valence-corrected chi connectivity index (χ0v) is 12.2. The van der Waals surface area contributed by atoms with Crippen LogP contribution in [0, 0.1) is 6.92 Å². The van der Waals surface area contributed by atoms with Crippen LogP contribution < -0.4 is 4.72 Å². The SMILES string of the molecule is Cc1nccn1Cc1ccc(NS(C)(=O)=O)cc1Cl. The highest BCUT2D eigenvalue weighted by Crippen LogP contribution is 2.22. The lowest BCUT2D eigenvalue weighted by Crippen LogP contribution is -2.09. The summed E-state index contributed by atoms with van der Waals surface area (Å²) in [6, 6.07) is 5.09. The molecule has 1 N–H and O–H groups in total. The van der Waals surface area contributed by atoms with E-state index in [4.69, 9.17) is 11.6 Å². The van der Waals surface area contributed by atoms with E-state index in [9.17, 15) is 8.42 Å². The van der Waals surface area contributed by atoms with Crippen LogP contribution in [0.4, 0.5) is 5.69 Å². The molecule has 0 atom stereocenters. The molecule has 2 rings (SSSR count). The third-order valence-electron chi connectivity index (χ3n) is 2.62. The molecule has 0 radical (unpaired) electrons. The zero-order valence-electron chi connectivity index (χ0n) is 10.6. The summed E-state index contributed by atoms with van der Waals surface area (Å²) in [6.07, 6.45) is 4.70. The van der Waals surface area contributed by atoms with Crippen LogP contribution in [0.3, 0.4) is 0 Å². The van der Waals surface area contributed by atoms with E-state index in [1.54, 1.807) is 24.4 Å². The number of rotatable bonds is 4. The van der Waals surface area contributed by atoms with Crippen LogP contribution in [0.1, 0.15) is 11.4 Å². The molecule has 0 fully saturated rings. The topological polar surface area (TPSA) is 64.0 Å². The molecule has 0 aliphatic rings. The number of imidazole rings is 1. The van der Waals surface area contributed by atoms with Crippen LogP contribution in [0.5, 0.6) is 0 Å². The fourth-order valence-electron chi connectivity index (χ4n) is 1.71. The Balaban J connectivity index is 2.23. The van der Waals surface area contributed by atoms with Gasteiger partial charge in [0.2, 0.25) is 10.0 Å². The Hall–Kier alpha value is -1.53. The molecule has 0 saturated carbocycles. The van der Waals surface area contributed by atoms with Crippen LogP contribution in [-0.2, 0) is 16.6 Å². The smallest absolute Gasteiger partial charge is 0.229 e. The second kappa shape index (κ2) is 5.22.